The SMILES string of the molecule is Cc1cnc(-c2ccc(S(=O)(=O)NC3CCC(C)(O)CC3)cc2F)c(F)c1. The molecule has 8 heteroatoms. The number of nitrogens with zero attached hydrogens (tertiary/aromatic N) is 1. The van der Waals surface area contributed by atoms with E-state index in [1.807, 2.05) is 0 Å². The molecule has 0 spiro atoms. The predicted molar refractivity (Wildman–Crippen MR) is 97.5 cm³/mol. The van der Waals surface area contributed by atoms with Gasteiger partial charge in [0.2, 0.25) is 10.0 Å². The third-order valence-electron chi connectivity index (χ3n) is 4.87. The first kappa shape index (κ1) is 19.9. The summed E-state index contributed by atoms with van der Waals surface area (Å²) in [5, 5.41) is 9.96. The number of aryl methyl sites for hydroxylation is 1. The molecule has 2 aromatic rings. The van der Waals surface area contributed by atoms with Crippen LogP contribution < -0.4 is 4.72 Å². The smallest absolute Gasteiger partial charge is 0.240 e. The molecule has 3 rings (SSSR count). The van der Waals surface area contributed by atoms with Crippen LogP contribution in [0.1, 0.15) is 38.2 Å². The fourth-order valence-electron chi connectivity index (χ4n) is 3.23. The van der Waals surface area contributed by atoms with E-state index in [4.69, 9.17) is 0 Å². The van der Waals surface area contributed by atoms with Crippen molar-refractivity contribution in [3.8, 4) is 11.3 Å². The monoisotopic (exact) mass is 396 g/mol. The predicted octanol–water partition coefficient (Wildman–Crippen LogP) is 3.31. The highest BCUT2D eigenvalue weighted by atomic mass is 32.2. The van der Waals surface area contributed by atoms with E-state index >= 15 is 0 Å². The molecule has 0 saturated heterocycles. The fourth-order valence-corrected chi connectivity index (χ4v) is 4.55. The van der Waals surface area contributed by atoms with E-state index in [1.54, 1.807) is 13.8 Å². The van der Waals surface area contributed by atoms with Crippen molar-refractivity contribution in [2.45, 2.75) is 56.1 Å². The Balaban J connectivity index is 1.82. The molecular formula is C19H22F2N2O3S. The standard InChI is InChI=1S/C19H22F2N2O3S/c1-12-9-17(21)18(22-11-12)15-4-3-14(10-16(15)20)27(25,26)23-13-5-7-19(2,24)8-6-13/h3-4,9-11,13,23-24H,5-8H2,1-2H3. The zero-order chi connectivity index (χ0) is 19.8. The highest BCUT2D eigenvalue weighted by Crippen LogP contribution is 2.29. The summed E-state index contributed by atoms with van der Waals surface area (Å²) in [6.45, 7) is 3.40. The first-order valence-corrected chi connectivity index (χ1v) is 10.2. The second kappa shape index (κ2) is 7.26. The van der Waals surface area contributed by atoms with Gasteiger partial charge in [-0.3, -0.25) is 4.98 Å². The molecule has 0 bridgehead atoms. The summed E-state index contributed by atoms with van der Waals surface area (Å²) < 4.78 is 56.2. The summed E-state index contributed by atoms with van der Waals surface area (Å²) in [5.74, 6) is -1.53. The Morgan fingerprint density at radius 3 is 2.44 bits per heavy atom. The van der Waals surface area contributed by atoms with E-state index in [2.05, 4.69) is 9.71 Å². The number of aromatic nitrogens is 1. The highest BCUT2D eigenvalue weighted by molar-refractivity contribution is 7.89. The molecule has 1 aliphatic carbocycles. The Hall–Kier alpha value is -1.90. The minimum absolute atomic E-state index is 0.0971. The van der Waals surface area contributed by atoms with Crippen LogP contribution in [0.5, 0.6) is 0 Å². The molecule has 0 radical (unpaired) electrons. The van der Waals surface area contributed by atoms with Crippen LogP contribution >= 0.6 is 0 Å². The molecule has 1 aromatic carbocycles. The molecule has 146 valence electrons. The number of pyridine rings is 1. The molecule has 1 fully saturated rings. The molecule has 1 aromatic heterocycles. The molecule has 0 unspecified atom stereocenters. The van der Waals surface area contributed by atoms with Crippen molar-refractivity contribution in [3.63, 3.8) is 0 Å². The molecule has 1 heterocycles. The first-order chi connectivity index (χ1) is 12.6. The zero-order valence-corrected chi connectivity index (χ0v) is 16.0. The lowest BCUT2D eigenvalue weighted by Crippen LogP contribution is -2.42. The largest absolute Gasteiger partial charge is 0.390 e. The third-order valence-corrected chi connectivity index (χ3v) is 6.39. The Labute approximate surface area is 157 Å². The van der Waals surface area contributed by atoms with Crippen LogP contribution in [0, 0.1) is 18.6 Å². The zero-order valence-electron chi connectivity index (χ0n) is 15.2. The maximum absolute atomic E-state index is 14.5. The Morgan fingerprint density at radius 1 is 1.19 bits per heavy atom. The average Bonchev–Trinajstić information content (AvgIpc) is 2.57. The molecule has 1 saturated carbocycles. The maximum atomic E-state index is 14.5. The van der Waals surface area contributed by atoms with Gasteiger partial charge in [-0.15, -0.1) is 0 Å². The summed E-state index contributed by atoms with van der Waals surface area (Å²) in [5.41, 5.74) is -0.433. The van der Waals surface area contributed by atoms with E-state index in [0.29, 0.717) is 31.2 Å². The van der Waals surface area contributed by atoms with E-state index in [1.165, 1.54) is 24.4 Å². The lowest BCUT2D eigenvalue weighted by Gasteiger charge is -2.33. The number of sulfonamides is 1. The van der Waals surface area contributed by atoms with Gasteiger partial charge in [0.15, 0.2) is 0 Å². The number of hydrogen-bond donors (Lipinski definition) is 2. The van der Waals surface area contributed by atoms with Crippen molar-refractivity contribution in [2.75, 3.05) is 0 Å². The second-order valence-corrected chi connectivity index (χ2v) is 9.09. The van der Waals surface area contributed by atoms with E-state index in [0.717, 1.165) is 6.07 Å². The van der Waals surface area contributed by atoms with Crippen molar-refractivity contribution in [3.05, 3.63) is 47.7 Å². The van der Waals surface area contributed by atoms with Crippen LogP contribution in [0.3, 0.4) is 0 Å². The first-order valence-electron chi connectivity index (χ1n) is 8.74. The van der Waals surface area contributed by atoms with Crippen LogP contribution in [0.25, 0.3) is 11.3 Å². The Morgan fingerprint density at radius 2 is 1.85 bits per heavy atom. The lowest BCUT2D eigenvalue weighted by molar-refractivity contribution is 0.0163. The maximum Gasteiger partial charge on any atom is 0.240 e. The van der Waals surface area contributed by atoms with Gasteiger partial charge in [-0.1, -0.05) is 0 Å². The molecule has 2 N–H and O–H groups in total. The van der Waals surface area contributed by atoms with Gasteiger partial charge >= 0.3 is 0 Å². The van der Waals surface area contributed by atoms with Crippen molar-refractivity contribution in [1.82, 2.24) is 9.71 Å². The van der Waals surface area contributed by atoms with Gasteiger partial charge in [0.1, 0.15) is 17.3 Å². The summed E-state index contributed by atoms with van der Waals surface area (Å²) in [6, 6.07) is 4.26. The van der Waals surface area contributed by atoms with Crippen molar-refractivity contribution in [1.29, 1.82) is 0 Å². The summed E-state index contributed by atoms with van der Waals surface area (Å²) >= 11 is 0. The molecule has 0 amide bonds. The summed E-state index contributed by atoms with van der Waals surface area (Å²) in [4.78, 5) is 3.68. The quantitative estimate of drug-likeness (QED) is 0.831. The van der Waals surface area contributed by atoms with Gasteiger partial charge in [-0.05, 0) is 69.4 Å². The molecular weight excluding hydrogens is 374 g/mol. The van der Waals surface area contributed by atoms with Crippen LogP contribution in [0.2, 0.25) is 0 Å². The Bertz CT molecular complexity index is 951. The normalized spacial score (nSPS) is 23.4. The topological polar surface area (TPSA) is 79.3 Å². The number of halogens is 2. The van der Waals surface area contributed by atoms with Gasteiger partial charge in [0.05, 0.1) is 10.5 Å². The van der Waals surface area contributed by atoms with Gasteiger partial charge in [0.25, 0.3) is 0 Å². The van der Waals surface area contributed by atoms with Crippen molar-refractivity contribution < 1.29 is 22.3 Å². The highest BCUT2D eigenvalue weighted by Gasteiger charge is 2.31. The second-order valence-electron chi connectivity index (χ2n) is 7.38. The fraction of sp³-hybridized carbons (Fsp3) is 0.421. The van der Waals surface area contributed by atoms with Crippen LogP contribution in [0.15, 0.2) is 35.4 Å². The van der Waals surface area contributed by atoms with Gasteiger partial charge < -0.3 is 5.11 Å². The van der Waals surface area contributed by atoms with Gasteiger partial charge in [0, 0.05) is 17.8 Å². The van der Waals surface area contributed by atoms with Crippen LogP contribution in [-0.4, -0.2) is 30.2 Å². The molecule has 1 aliphatic rings. The van der Waals surface area contributed by atoms with Crippen LogP contribution in [-0.2, 0) is 10.0 Å². The van der Waals surface area contributed by atoms with E-state index in [-0.39, 0.29) is 22.2 Å². The molecule has 0 aliphatic heterocycles. The number of nitrogens with one attached hydrogen (secondary N) is 1. The lowest BCUT2D eigenvalue weighted by atomic mass is 9.84. The number of rotatable bonds is 4. The number of hydrogen-bond acceptors (Lipinski definition) is 4. The molecule has 5 nitrogen and oxygen atoms in total. The van der Waals surface area contributed by atoms with Gasteiger partial charge in [-0.2, -0.15) is 0 Å². The minimum Gasteiger partial charge on any atom is -0.390 e. The van der Waals surface area contributed by atoms with E-state index in [9.17, 15) is 22.3 Å². The average molecular weight is 396 g/mol. The molecule has 0 atom stereocenters. The van der Waals surface area contributed by atoms with Gasteiger partial charge in [-0.25, -0.2) is 21.9 Å². The minimum atomic E-state index is -3.92. The molecule has 27 heavy (non-hydrogen) atoms. The van der Waals surface area contributed by atoms with Crippen molar-refractivity contribution in [2.24, 2.45) is 0 Å². The Kier molecular flexibility index (Phi) is 5.33. The summed E-state index contributed by atoms with van der Waals surface area (Å²) in [7, 11) is -3.92. The van der Waals surface area contributed by atoms with Crippen LogP contribution in [0.4, 0.5) is 8.78 Å². The summed E-state index contributed by atoms with van der Waals surface area (Å²) in [6.07, 6.45) is 3.41. The number of aliphatic hydroxyl groups is 1. The van der Waals surface area contributed by atoms with Crippen molar-refractivity contribution >= 4 is 10.0 Å². The number of benzene rings is 1. The third kappa shape index (κ3) is 4.51. The van der Waals surface area contributed by atoms with E-state index < -0.39 is 27.3 Å².